The van der Waals surface area contributed by atoms with Crippen LogP contribution in [-0.4, -0.2) is 59.6 Å². The Morgan fingerprint density at radius 2 is 0.792 bits per heavy atom. The molecule has 48 heavy (non-hydrogen) atoms. The fourth-order valence-corrected chi connectivity index (χ4v) is 4.81. The van der Waals surface area contributed by atoms with Crippen LogP contribution in [0.1, 0.15) is 207 Å². The van der Waals surface area contributed by atoms with E-state index in [-0.39, 0.29) is 12.2 Å². The molecule has 0 aliphatic heterocycles. The van der Waals surface area contributed by atoms with Gasteiger partial charge in [0.15, 0.2) is 0 Å². The summed E-state index contributed by atoms with van der Waals surface area (Å²) in [6.45, 7) is 8.57. The molecule has 0 spiro atoms. The molecule has 5 N–H and O–H groups in total. The second kappa shape index (κ2) is 45.7. The summed E-state index contributed by atoms with van der Waals surface area (Å²) < 4.78 is 36.5. The van der Waals surface area contributed by atoms with Crippen LogP contribution in [0.25, 0.3) is 0 Å². The van der Waals surface area contributed by atoms with Crippen LogP contribution in [0.5, 0.6) is 0 Å². The maximum atomic E-state index is 11.1. The van der Waals surface area contributed by atoms with Crippen LogP contribution in [0.4, 0.5) is 0 Å². The number of aliphatic carboxylic acids is 1. The average Bonchev–Trinajstić information content (AvgIpc) is 3.01. The predicted molar refractivity (Wildman–Crippen MR) is 200 cm³/mol. The van der Waals surface area contributed by atoms with Crippen molar-refractivity contribution in [3.63, 3.8) is 0 Å². The zero-order chi connectivity index (χ0) is 37.2. The molecule has 0 heterocycles. The maximum Gasteiger partial charge on any atom is 0.394 e. The van der Waals surface area contributed by atoms with E-state index in [0.717, 1.165) is 19.3 Å². The van der Waals surface area contributed by atoms with Gasteiger partial charge in [0.05, 0.1) is 6.61 Å². The zero-order valence-corrected chi connectivity index (χ0v) is 32.6. The van der Waals surface area contributed by atoms with Gasteiger partial charge in [-0.1, -0.05) is 168 Å². The quantitative estimate of drug-likeness (QED) is 0.0209. The van der Waals surface area contributed by atoms with E-state index in [0.29, 0.717) is 19.4 Å². The predicted octanol–water partition coefficient (Wildman–Crippen LogP) is 10.5. The lowest BCUT2D eigenvalue weighted by molar-refractivity contribution is -0.143. The summed E-state index contributed by atoms with van der Waals surface area (Å²) >= 11 is 0. The molecular formula is C37H79NO9S. The number of carboxylic acids is 1. The van der Waals surface area contributed by atoms with E-state index in [4.69, 9.17) is 32.5 Å². The molecule has 0 aromatic rings. The summed E-state index contributed by atoms with van der Waals surface area (Å²) in [7, 11) is -2.97. The van der Waals surface area contributed by atoms with Crippen LogP contribution in [0.15, 0.2) is 0 Å². The Labute approximate surface area is 296 Å². The number of hydrogen-bond donors (Lipinski definition) is 5. The Morgan fingerprint density at radius 3 is 1.00 bits per heavy atom. The van der Waals surface area contributed by atoms with Gasteiger partial charge in [0.1, 0.15) is 6.23 Å². The molecule has 292 valence electrons. The van der Waals surface area contributed by atoms with Gasteiger partial charge < -0.3 is 14.9 Å². The van der Waals surface area contributed by atoms with E-state index in [2.05, 4.69) is 19.2 Å². The zero-order valence-electron chi connectivity index (χ0n) is 31.8. The number of hydrogen-bond acceptors (Lipinski definition) is 7. The minimum absolute atomic E-state index is 0.0319. The van der Waals surface area contributed by atoms with E-state index in [9.17, 15) is 9.59 Å². The minimum Gasteiger partial charge on any atom is -0.481 e. The third-order valence-corrected chi connectivity index (χ3v) is 7.70. The summed E-state index contributed by atoms with van der Waals surface area (Å²) in [5, 5.41) is 19.3. The van der Waals surface area contributed by atoms with Crippen molar-refractivity contribution < 1.29 is 42.1 Å². The molecule has 11 heteroatoms. The highest BCUT2D eigenvalue weighted by Gasteiger charge is 2.01. The lowest BCUT2D eigenvalue weighted by Crippen LogP contribution is -2.19. The second-order valence-electron chi connectivity index (χ2n) is 12.6. The van der Waals surface area contributed by atoms with Crippen molar-refractivity contribution in [3.8, 4) is 0 Å². The van der Waals surface area contributed by atoms with Crippen LogP contribution in [0.3, 0.4) is 0 Å². The summed E-state index contributed by atoms with van der Waals surface area (Å²) in [6.07, 6.45) is 34.9. The lowest BCUT2D eigenvalue weighted by Gasteiger charge is -2.03. The molecule has 1 unspecified atom stereocenters. The number of carbonyl (C=O) groups excluding carboxylic acids is 1. The van der Waals surface area contributed by atoms with Gasteiger partial charge in [0.2, 0.25) is 0 Å². The summed E-state index contributed by atoms with van der Waals surface area (Å²) in [4.78, 5) is 21.4. The first-order valence-corrected chi connectivity index (χ1v) is 20.7. The molecule has 0 aliphatic carbocycles. The molecule has 10 nitrogen and oxygen atoms in total. The van der Waals surface area contributed by atoms with Crippen LogP contribution in [0, 0.1) is 0 Å². The van der Waals surface area contributed by atoms with Crippen molar-refractivity contribution in [1.82, 2.24) is 5.32 Å². The fourth-order valence-electron chi connectivity index (χ4n) is 4.81. The first kappa shape index (κ1) is 53.5. The topological polar surface area (TPSA) is 170 Å². The third kappa shape index (κ3) is 75.2. The summed E-state index contributed by atoms with van der Waals surface area (Å²) in [5.41, 5.74) is 0. The van der Waals surface area contributed by atoms with Gasteiger partial charge in [-0.2, -0.15) is 8.42 Å². The minimum atomic E-state index is -4.67. The van der Waals surface area contributed by atoms with E-state index in [1.165, 1.54) is 148 Å². The first-order valence-electron chi connectivity index (χ1n) is 19.3. The molecule has 0 rings (SSSR count). The number of nitrogens with one attached hydrogen (secondary N) is 1. The van der Waals surface area contributed by atoms with Crippen molar-refractivity contribution in [2.24, 2.45) is 0 Å². The second-order valence-corrected chi connectivity index (χ2v) is 13.5. The third-order valence-electron chi connectivity index (χ3n) is 7.70. The van der Waals surface area contributed by atoms with E-state index >= 15 is 0 Å². The molecule has 0 saturated heterocycles. The highest BCUT2D eigenvalue weighted by atomic mass is 32.3. The van der Waals surface area contributed by atoms with Crippen molar-refractivity contribution >= 4 is 22.3 Å². The highest BCUT2D eigenvalue weighted by Crippen LogP contribution is 2.14. The Morgan fingerprint density at radius 1 is 0.562 bits per heavy atom. The average molecular weight is 714 g/mol. The van der Waals surface area contributed by atoms with Crippen molar-refractivity contribution in [2.45, 2.75) is 214 Å². The summed E-state index contributed by atoms with van der Waals surface area (Å²) in [6, 6.07) is 0. The van der Waals surface area contributed by atoms with Crippen LogP contribution < -0.4 is 5.32 Å². The monoisotopic (exact) mass is 714 g/mol. The van der Waals surface area contributed by atoms with E-state index < -0.39 is 16.4 Å². The van der Waals surface area contributed by atoms with E-state index in [1.807, 2.05) is 6.92 Å². The molecule has 0 bridgehead atoms. The van der Waals surface area contributed by atoms with E-state index in [1.54, 1.807) is 14.0 Å². The number of aliphatic hydroxyl groups excluding tert-OH is 1. The van der Waals surface area contributed by atoms with Crippen LogP contribution >= 0.6 is 0 Å². The number of carboxylic acid groups (broad SMARTS) is 1. The van der Waals surface area contributed by atoms with Gasteiger partial charge >= 0.3 is 22.3 Å². The molecule has 1 atom stereocenters. The van der Waals surface area contributed by atoms with Crippen LogP contribution in [0.2, 0.25) is 0 Å². The normalized spacial score (nSPS) is 11.2. The fraction of sp³-hybridized carbons (Fsp3) is 0.946. The van der Waals surface area contributed by atoms with Crippen molar-refractivity contribution in [3.05, 3.63) is 0 Å². The molecule has 0 aromatic carbocycles. The Bertz CT molecular complexity index is 726. The molecule has 0 aliphatic rings. The molecule has 0 radical (unpaired) electrons. The maximum absolute atomic E-state index is 11.1. The van der Waals surface area contributed by atoms with Gasteiger partial charge in [-0.25, -0.2) is 0 Å². The molecular weight excluding hydrogens is 634 g/mol. The van der Waals surface area contributed by atoms with Crippen molar-refractivity contribution in [1.29, 1.82) is 0 Å². The Kier molecular flexibility index (Phi) is 51.0. The molecule has 0 amide bonds. The number of esters is 1. The molecule has 0 aromatic heterocycles. The van der Waals surface area contributed by atoms with Gasteiger partial charge in [-0.05, 0) is 33.7 Å². The number of ether oxygens (including phenoxy) is 1. The number of carbonyl (C=O) groups is 2. The van der Waals surface area contributed by atoms with Gasteiger partial charge in [-0.15, -0.1) is 0 Å². The molecule has 0 saturated carbocycles. The Hall–Kier alpha value is -1.27. The van der Waals surface area contributed by atoms with Gasteiger partial charge in [-0.3, -0.25) is 24.0 Å². The van der Waals surface area contributed by atoms with Gasteiger partial charge in [0.25, 0.3) is 0 Å². The number of rotatable bonds is 30. The summed E-state index contributed by atoms with van der Waals surface area (Å²) in [5.74, 6) is -0.686. The number of aliphatic hydroxyl groups is 1. The smallest absolute Gasteiger partial charge is 0.394 e. The standard InChI is InChI=1S/C18H36O2.C16H32O2.C3H9NO.H2O4S/c1-3-5-6-7-8-9-10-11-12-13-14-15-16-17-18(19)20-4-2;1-2-3-4-5-6-7-8-9-10-11-12-13-14-15-16(17)18;1-3(5)4-2;1-5(2,3)4/h3-17H2,1-2H3;2-15H2,1H3,(H,17,18);3-5H,1-2H3;(H2,1,2,3,4). The lowest BCUT2D eigenvalue weighted by atomic mass is 10.0. The number of unbranched alkanes of at least 4 members (excludes halogenated alkanes) is 24. The highest BCUT2D eigenvalue weighted by molar-refractivity contribution is 7.79. The van der Waals surface area contributed by atoms with Crippen LogP contribution in [-0.2, 0) is 24.7 Å². The van der Waals surface area contributed by atoms with Crippen molar-refractivity contribution in [2.75, 3.05) is 13.7 Å². The largest absolute Gasteiger partial charge is 0.481 e. The SMILES string of the molecule is CCCCCCCCCCCCCCCC(=O)O.CCCCCCCCCCCCCCCC(=O)OCC.CNC(C)O.O=S(=O)(O)O. The Balaban J connectivity index is -0.000000315. The molecule has 0 fully saturated rings. The van der Waals surface area contributed by atoms with Gasteiger partial charge in [0, 0.05) is 12.8 Å². The first-order chi connectivity index (χ1) is 22.8.